The third-order valence-electron chi connectivity index (χ3n) is 3.10. The SMILES string of the molecule is CS(=O)(=O)c1nccc(C(O)C(C(=O)O)c2ccc(F)cc2)n1. The van der Waals surface area contributed by atoms with Crippen LogP contribution in [-0.2, 0) is 14.6 Å². The number of aromatic nitrogens is 2. The highest BCUT2D eigenvalue weighted by molar-refractivity contribution is 7.90. The Morgan fingerprint density at radius 1 is 1.22 bits per heavy atom. The summed E-state index contributed by atoms with van der Waals surface area (Å²) >= 11 is 0. The Bertz CT molecular complexity index is 823. The average Bonchev–Trinajstić information content (AvgIpc) is 2.48. The zero-order valence-corrected chi connectivity index (χ0v) is 12.7. The number of carboxylic acids is 1. The van der Waals surface area contributed by atoms with Crippen molar-refractivity contribution in [3.05, 3.63) is 53.6 Å². The fraction of sp³-hybridized carbons (Fsp3) is 0.214. The van der Waals surface area contributed by atoms with Gasteiger partial charge in [0.15, 0.2) is 0 Å². The molecular weight excluding hydrogens is 327 g/mol. The third-order valence-corrected chi connectivity index (χ3v) is 3.96. The second-order valence-electron chi connectivity index (χ2n) is 4.85. The molecule has 0 spiro atoms. The van der Waals surface area contributed by atoms with Gasteiger partial charge in [-0.2, -0.15) is 0 Å². The zero-order chi connectivity index (χ0) is 17.2. The summed E-state index contributed by atoms with van der Waals surface area (Å²) in [5.74, 6) is -3.34. The van der Waals surface area contributed by atoms with E-state index in [9.17, 15) is 27.8 Å². The van der Waals surface area contributed by atoms with Gasteiger partial charge in [-0.3, -0.25) is 4.79 Å². The first-order valence-electron chi connectivity index (χ1n) is 6.39. The molecule has 0 radical (unpaired) electrons. The molecule has 0 saturated heterocycles. The van der Waals surface area contributed by atoms with E-state index in [4.69, 9.17) is 0 Å². The Balaban J connectivity index is 2.45. The van der Waals surface area contributed by atoms with Crippen molar-refractivity contribution in [2.24, 2.45) is 0 Å². The van der Waals surface area contributed by atoms with E-state index < -0.39 is 38.8 Å². The number of aliphatic carboxylic acids is 1. The van der Waals surface area contributed by atoms with Crippen molar-refractivity contribution in [2.45, 2.75) is 17.2 Å². The van der Waals surface area contributed by atoms with Crippen molar-refractivity contribution in [1.82, 2.24) is 9.97 Å². The summed E-state index contributed by atoms with van der Waals surface area (Å²) in [6.45, 7) is 0. The molecule has 0 bridgehead atoms. The van der Waals surface area contributed by atoms with E-state index in [1.165, 1.54) is 18.2 Å². The van der Waals surface area contributed by atoms with Gasteiger partial charge in [0.05, 0.1) is 5.69 Å². The van der Waals surface area contributed by atoms with Crippen molar-refractivity contribution in [3.8, 4) is 0 Å². The molecule has 1 heterocycles. The van der Waals surface area contributed by atoms with E-state index in [-0.39, 0.29) is 11.3 Å². The van der Waals surface area contributed by atoms with Gasteiger partial charge in [0.2, 0.25) is 15.0 Å². The molecule has 122 valence electrons. The van der Waals surface area contributed by atoms with Gasteiger partial charge in [0.1, 0.15) is 17.8 Å². The Hall–Kier alpha value is -2.39. The lowest BCUT2D eigenvalue weighted by molar-refractivity contribution is -0.141. The van der Waals surface area contributed by atoms with Gasteiger partial charge >= 0.3 is 5.97 Å². The lowest BCUT2D eigenvalue weighted by Gasteiger charge is -2.19. The highest BCUT2D eigenvalue weighted by atomic mass is 32.2. The van der Waals surface area contributed by atoms with E-state index in [1.54, 1.807) is 0 Å². The third kappa shape index (κ3) is 3.88. The molecule has 0 fully saturated rings. The van der Waals surface area contributed by atoms with E-state index in [2.05, 4.69) is 9.97 Å². The number of benzene rings is 1. The Morgan fingerprint density at radius 2 is 1.83 bits per heavy atom. The predicted molar refractivity (Wildman–Crippen MR) is 76.9 cm³/mol. The monoisotopic (exact) mass is 340 g/mol. The minimum absolute atomic E-state index is 0.155. The molecule has 7 nitrogen and oxygen atoms in total. The number of aliphatic hydroxyl groups excluding tert-OH is 1. The van der Waals surface area contributed by atoms with Gasteiger partial charge in [-0.25, -0.2) is 22.8 Å². The second kappa shape index (κ2) is 6.39. The van der Waals surface area contributed by atoms with E-state index in [1.807, 2.05) is 0 Å². The highest BCUT2D eigenvalue weighted by Gasteiger charge is 2.31. The van der Waals surface area contributed by atoms with Gasteiger partial charge in [-0.1, -0.05) is 12.1 Å². The first-order valence-corrected chi connectivity index (χ1v) is 8.28. The van der Waals surface area contributed by atoms with Crippen molar-refractivity contribution in [1.29, 1.82) is 0 Å². The first kappa shape index (κ1) is 17.0. The number of aliphatic hydroxyl groups is 1. The smallest absolute Gasteiger partial charge is 0.314 e. The van der Waals surface area contributed by atoms with Crippen molar-refractivity contribution < 1.29 is 27.8 Å². The largest absolute Gasteiger partial charge is 0.481 e. The minimum Gasteiger partial charge on any atom is -0.481 e. The van der Waals surface area contributed by atoms with Gasteiger partial charge in [0, 0.05) is 12.5 Å². The minimum atomic E-state index is -3.71. The molecule has 9 heteroatoms. The van der Waals surface area contributed by atoms with Crippen molar-refractivity contribution in [2.75, 3.05) is 6.26 Å². The van der Waals surface area contributed by atoms with Crippen LogP contribution in [0.2, 0.25) is 0 Å². The van der Waals surface area contributed by atoms with Crippen LogP contribution >= 0.6 is 0 Å². The summed E-state index contributed by atoms with van der Waals surface area (Å²) < 4.78 is 35.9. The first-order chi connectivity index (χ1) is 10.7. The normalized spacial score (nSPS) is 14.2. The number of hydrogen-bond donors (Lipinski definition) is 2. The predicted octanol–water partition coefficient (Wildman–Crippen LogP) is 0.921. The number of halogens is 1. The zero-order valence-electron chi connectivity index (χ0n) is 11.9. The fourth-order valence-corrected chi connectivity index (χ4v) is 2.52. The van der Waals surface area contributed by atoms with Crippen LogP contribution in [-0.4, -0.2) is 40.8 Å². The molecule has 2 atom stereocenters. The number of nitrogens with zero attached hydrogens (tertiary/aromatic N) is 2. The lowest BCUT2D eigenvalue weighted by Crippen LogP contribution is -2.21. The topological polar surface area (TPSA) is 117 Å². The molecule has 0 aliphatic carbocycles. The van der Waals surface area contributed by atoms with E-state index in [0.717, 1.165) is 24.6 Å². The summed E-state index contributed by atoms with van der Waals surface area (Å²) in [5, 5.41) is 19.1. The molecule has 0 aliphatic rings. The lowest BCUT2D eigenvalue weighted by atomic mass is 9.91. The van der Waals surface area contributed by atoms with Gasteiger partial charge in [-0.15, -0.1) is 0 Å². The van der Waals surface area contributed by atoms with Crippen LogP contribution in [0.5, 0.6) is 0 Å². The van der Waals surface area contributed by atoms with Crippen LogP contribution < -0.4 is 0 Å². The van der Waals surface area contributed by atoms with Crippen LogP contribution in [0.3, 0.4) is 0 Å². The molecule has 0 aliphatic heterocycles. The standard InChI is InChI=1S/C14H13FN2O5S/c1-23(21,22)14-16-7-6-10(17-14)12(18)11(13(19)20)8-2-4-9(15)5-3-8/h2-7,11-12,18H,1H3,(H,19,20). The van der Waals surface area contributed by atoms with Crippen LogP contribution in [0.4, 0.5) is 4.39 Å². The summed E-state index contributed by atoms with van der Waals surface area (Å²) in [6.07, 6.45) is 0.389. The quantitative estimate of drug-likeness (QED) is 0.777. The Kier molecular flexibility index (Phi) is 4.71. The number of rotatable bonds is 5. The van der Waals surface area contributed by atoms with Gasteiger partial charge in [-0.05, 0) is 23.8 Å². The van der Waals surface area contributed by atoms with E-state index >= 15 is 0 Å². The van der Waals surface area contributed by atoms with Gasteiger partial charge in [0.25, 0.3) is 0 Å². The summed E-state index contributed by atoms with van der Waals surface area (Å²) in [6, 6.07) is 5.82. The number of hydrogen-bond acceptors (Lipinski definition) is 6. The molecule has 2 N–H and O–H groups in total. The second-order valence-corrected chi connectivity index (χ2v) is 6.76. The molecular formula is C14H13FN2O5S. The van der Waals surface area contributed by atoms with Crippen molar-refractivity contribution >= 4 is 15.8 Å². The summed E-state index contributed by atoms with van der Waals surface area (Å²) in [5.41, 5.74) is 0.00284. The highest BCUT2D eigenvalue weighted by Crippen LogP contribution is 2.30. The molecule has 23 heavy (non-hydrogen) atoms. The molecule has 1 aromatic carbocycles. The average molecular weight is 340 g/mol. The molecule has 2 rings (SSSR count). The number of carboxylic acid groups (broad SMARTS) is 1. The molecule has 2 aromatic rings. The number of sulfone groups is 1. The molecule has 0 amide bonds. The van der Waals surface area contributed by atoms with Crippen LogP contribution in [0, 0.1) is 5.82 Å². The molecule has 0 saturated carbocycles. The molecule has 1 aromatic heterocycles. The Morgan fingerprint density at radius 3 is 2.35 bits per heavy atom. The molecule has 2 unspecified atom stereocenters. The summed E-state index contributed by atoms with van der Waals surface area (Å²) in [7, 11) is -3.71. The van der Waals surface area contributed by atoms with Crippen LogP contribution in [0.1, 0.15) is 23.3 Å². The fourth-order valence-electron chi connectivity index (χ4n) is 2.00. The Labute approximate surface area is 131 Å². The van der Waals surface area contributed by atoms with E-state index in [0.29, 0.717) is 0 Å². The number of carbonyl (C=O) groups is 1. The van der Waals surface area contributed by atoms with Gasteiger partial charge < -0.3 is 10.2 Å². The van der Waals surface area contributed by atoms with Crippen LogP contribution in [0.25, 0.3) is 0 Å². The maximum Gasteiger partial charge on any atom is 0.314 e. The maximum absolute atomic E-state index is 13.0. The summed E-state index contributed by atoms with van der Waals surface area (Å²) in [4.78, 5) is 18.7. The van der Waals surface area contributed by atoms with Crippen molar-refractivity contribution in [3.63, 3.8) is 0 Å². The van der Waals surface area contributed by atoms with Crippen LogP contribution in [0.15, 0.2) is 41.7 Å². The maximum atomic E-state index is 13.0.